The van der Waals surface area contributed by atoms with Crippen LogP contribution in [0, 0.1) is 3.57 Å². The van der Waals surface area contributed by atoms with E-state index < -0.39 is 0 Å². The Balaban J connectivity index is 2.19. The minimum absolute atomic E-state index is 0.0555. The average molecular weight is 396 g/mol. The van der Waals surface area contributed by atoms with Crippen molar-refractivity contribution in [2.75, 3.05) is 26.2 Å². The van der Waals surface area contributed by atoms with E-state index in [9.17, 15) is 0 Å². The molecule has 1 unspecified atom stereocenters. The van der Waals surface area contributed by atoms with Crippen LogP contribution in [0.1, 0.15) is 37.9 Å². The van der Waals surface area contributed by atoms with Gasteiger partial charge in [0.15, 0.2) is 5.82 Å². The molecular formula is C13H19ClIN3O. The highest BCUT2D eigenvalue weighted by Gasteiger charge is 2.25. The Hall–Kier alpha value is 0.0200. The number of hydrogen-bond donors (Lipinski definition) is 0. The molecular weight excluding hydrogens is 377 g/mol. The van der Waals surface area contributed by atoms with Gasteiger partial charge in [-0.25, -0.2) is 9.97 Å². The molecule has 1 fully saturated rings. The number of rotatable bonds is 4. The molecule has 0 amide bonds. The van der Waals surface area contributed by atoms with Crippen molar-refractivity contribution >= 4 is 34.2 Å². The zero-order valence-corrected chi connectivity index (χ0v) is 14.2. The quantitative estimate of drug-likeness (QED) is 0.580. The lowest BCUT2D eigenvalue weighted by Gasteiger charge is -2.32. The molecule has 0 spiro atoms. The number of nitrogens with zero attached hydrogens (tertiary/aromatic N) is 3. The summed E-state index contributed by atoms with van der Waals surface area (Å²) in [5, 5.41) is 0.540. The maximum Gasteiger partial charge on any atom is 0.160 e. The summed E-state index contributed by atoms with van der Waals surface area (Å²) in [7, 11) is 0. The van der Waals surface area contributed by atoms with Gasteiger partial charge in [0.1, 0.15) is 11.3 Å². The van der Waals surface area contributed by atoms with Crippen LogP contribution in [-0.4, -0.2) is 41.1 Å². The largest absolute Gasteiger partial charge is 0.368 e. The lowest BCUT2D eigenvalue weighted by molar-refractivity contribution is -0.0343. The van der Waals surface area contributed by atoms with Crippen LogP contribution in [-0.2, 0) is 11.2 Å². The van der Waals surface area contributed by atoms with E-state index in [1.807, 2.05) is 0 Å². The molecule has 1 aromatic rings. The zero-order valence-electron chi connectivity index (χ0n) is 11.3. The first kappa shape index (κ1) is 15.4. The van der Waals surface area contributed by atoms with Crippen molar-refractivity contribution in [3.8, 4) is 0 Å². The predicted molar refractivity (Wildman–Crippen MR) is 84.6 cm³/mol. The van der Waals surface area contributed by atoms with Gasteiger partial charge in [-0.1, -0.05) is 25.4 Å². The van der Waals surface area contributed by atoms with E-state index in [1.54, 1.807) is 0 Å². The van der Waals surface area contributed by atoms with Crippen LogP contribution >= 0.6 is 34.2 Å². The van der Waals surface area contributed by atoms with Crippen molar-refractivity contribution in [3.63, 3.8) is 0 Å². The van der Waals surface area contributed by atoms with Crippen LogP contribution < -0.4 is 0 Å². The van der Waals surface area contributed by atoms with E-state index in [1.165, 1.54) is 0 Å². The lowest BCUT2D eigenvalue weighted by Crippen LogP contribution is -2.39. The topological polar surface area (TPSA) is 38.2 Å². The van der Waals surface area contributed by atoms with E-state index in [4.69, 9.17) is 16.3 Å². The summed E-state index contributed by atoms with van der Waals surface area (Å²) in [5.74, 6) is 0.725. The second kappa shape index (κ2) is 7.15. The molecule has 1 aromatic heterocycles. The molecule has 0 aromatic carbocycles. The zero-order chi connectivity index (χ0) is 13.8. The molecule has 0 saturated carbocycles. The van der Waals surface area contributed by atoms with Gasteiger partial charge in [0.2, 0.25) is 0 Å². The fraction of sp³-hybridized carbons (Fsp3) is 0.692. The van der Waals surface area contributed by atoms with Gasteiger partial charge in [0.25, 0.3) is 0 Å². The molecule has 2 rings (SSSR count). The predicted octanol–water partition coefficient (Wildman–Crippen LogP) is 3.08. The fourth-order valence-electron chi connectivity index (χ4n) is 2.24. The molecule has 1 aliphatic rings. The van der Waals surface area contributed by atoms with E-state index in [2.05, 4.69) is 51.3 Å². The number of halogens is 2. The molecule has 0 radical (unpaired) electrons. The van der Waals surface area contributed by atoms with Crippen molar-refractivity contribution in [1.82, 2.24) is 14.9 Å². The van der Waals surface area contributed by atoms with Gasteiger partial charge >= 0.3 is 0 Å². The first-order chi connectivity index (χ1) is 9.15. The van der Waals surface area contributed by atoms with Gasteiger partial charge in [0, 0.05) is 13.1 Å². The van der Waals surface area contributed by atoms with Crippen LogP contribution in [0.4, 0.5) is 0 Å². The molecule has 1 saturated heterocycles. The van der Waals surface area contributed by atoms with Gasteiger partial charge in [0.05, 0.1) is 15.9 Å². The second-order valence-electron chi connectivity index (χ2n) is 4.65. The summed E-state index contributed by atoms with van der Waals surface area (Å²) in [5.41, 5.74) is 1.01. The van der Waals surface area contributed by atoms with Crippen LogP contribution in [0.15, 0.2) is 0 Å². The Morgan fingerprint density at radius 3 is 2.89 bits per heavy atom. The number of aromatic nitrogens is 2. The molecule has 1 atom stereocenters. The fourth-order valence-corrected chi connectivity index (χ4v) is 3.06. The maximum absolute atomic E-state index is 6.19. The smallest absolute Gasteiger partial charge is 0.160 e. The maximum atomic E-state index is 6.19. The molecule has 6 heteroatoms. The van der Waals surface area contributed by atoms with Crippen molar-refractivity contribution in [1.29, 1.82) is 0 Å². The monoisotopic (exact) mass is 395 g/mol. The lowest BCUT2D eigenvalue weighted by atomic mass is 10.2. The molecule has 2 heterocycles. The third kappa shape index (κ3) is 3.77. The van der Waals surface area contributed by atoms with Gasteiger partial charge in [-0.3, -0.25) is 4.90 Å². The summed E-state index contributed by atoms with van der Waals surface area (Å²) in [6, 6.07) is 0. The first-order valence-electron chi connectivity index (χ1n) is 6.71. The first-order valence-corrected chi connectivity index (χ1v) is 8.17. The Kier molecular flexibility index (Phi) is 5.80. The van der Waals surface area contributed by atoms with Crippen molar-refractivity contribution in [3.05, 3.63) is 20.2 Å². The van der Waals surface area contributed by atoms with Crippen LogP contribution in [0.5, 0.6) is 0 Å². The number of hydrogen-bond acceptors (Lipinski definition) is 4. The van der Waals surface area contributed by atoms with E-state index in [0.29, 0.717) is 5.15 Å². The van der Waals surface area contributed by atoms with Gasteiger partial charge < -0.3 is 4.74 Å². The van der Waals surface area contributed by atoms with Gasteiger partial charge in [-0.05, 0) is 42.0 Å². The summed E-state index contributed by atoms with van der Waals surface area (Å²) in [4.78, 5) is 11.4. The van der Waals surface area contributed by atoms with Gasteiger partial charge in [-0.15, -0.1) is 0 Å². The molecule has 0 aliphatic carbocycles. The minimum atomic E-state index is -0.0555. The molecule has 106 valence electrons. The molecule has 0 bridgehead atoms. The van der Waals surface area contributed by atoms with Crippen LogP contribution in [0.3, 0.4) is 0 Å². The summed E-state index contributed by atoms with van der Waals surface area (Å²) >= 11 is 8.39. The van der Waals surface area contributed by atoms with Crippen LogP contribution in [0.25, 0.3) is 0 Å². The van der Waals surface area contributed by atoms with Crippen molar-refractivity contribution in [2.24, 2.45) is 0 Å². The molecule has 0 N–H and O–H groups in total. The second-order valence-corrected chi connectivity index (χ2v) is 6.08. The Morgan fingerprint density at radius 2 is 2.21 bits per heavy atom. The minimum Gasteiger partial charge on any atom is -0.368 e. The summed E-state index contributed by atoms with van der Waals surface area (Å²) in [6.07, 6.45) is 1.96. The SMILES string of the molecule is CCCN1CCOC(c2nc(Cl)c(I)c(CC)n2)C1. The third-order valence-electron chi connectivity index (χ3n) is 3.21. The highest BCUT2D eigenvalue weighted by Crippen LogP contribution is 2.25. The Morgan fingerprint density at radius 1 is 1.42 bits per heavy atom. The van der Waals surface area contributed by atoms with Crippen LogP contribution in [0.2, 0.25) is 5.15 Å². The van der Waals surface area contributed by atoms with E-state index in [-0.39, 0.29) is 6.10 Å². The Bertz CT molecular complexity index is 442. The molecule has 19 heavy (non-hydrogen) atoms. The van der Waals surface area contributed by atoms with Gasteiger partial charge in [-0.2, -0.15) is 0 Å². The standard InChI is InChI=1S/C13H19ClIN3O/c1-3-5-18-6-7-19-10(8-18)13-16-9(4-2)11(15)12(14)17-13/h10H,3-8H2,1-2H3. The average Bonchev–Trinajstić information content (AvgIpc) is 2.42. The molecule has 1 aliphatic heterocycles. The number of morpholine rings is 1. The van der Waals surface area contributed by atoms with Crippen molar-refractivity contribution < 1.29 is 4.74 Å². The Labute approximate surface area is 133 Å². The molecule has 4 nitrogen and oxygen atoms in total. The highest BCUT2D eigenvalue weighted by molar-refractivity contribution is 14.1. The van der Waals surface area contributed by atoms with E-state index in [0.717, 1.165) is 54.2 Å². The number of ether oxygens (including phenoxy) is 1. The van der Waals surface area contributed by atoms with E-state index >= 15 is 0 Å². The van der Waals surface area contributed by atoms with Crippen molar-refractivity contribution in [2.45, 2.75) is 32.8 Å². The summed E-state index contributed by atoms with van der Waals surface area (Å²) < 4.78 is 6.76. The number of aryl methyl sites for hydroxylation is 1. The third-order valence-corrected chi connectivity index (χ3v) is 4.94. The normalized spacial score (nSPS) is 20.7. The summed E-state index contributed by atoms with van der Waals surface area (Å²) in [6.45, 7) is 7.95. The highest BCUT2D eigenvalue weighted by atomic mass is 127.